The molecule has 0 saturated heterocycles. The normalized spacial score (nSPS) is 6.55. The molecule has 1 rings (SSSR count). The predicted octanol–water partition coefficient (Wildman–Crippen LogP) is 2.68. The molecule has 0 spiro atoms. The van der Waals surface area contributed by atoms with Crippen LogP contribution in [0.2, 0.25) is 0 Å². The zero-order valence-electron chi connectivity index (χ0n) is 7.75. The van der Waals surface area contributed by atoms with Crippen LogP contribution in [0, 0.1) is 0 Å². The molecule has 2 N–H and O–H groups in total. The molecule has 0 atom stereocenters. The maximum atomic E-state index is 4.85. The van der Waals surface area contributed by atoms with E-state index in [-0.39, 0.29) is 0 Å². The minimum Gasteiger partial charge on any atom is -0.331 e. The van der Waals surface area contributed by atoms with Gasteiger partial charge in [-0.25, -0.2) is 0 Å². The minimum absolute atomic E-state index is 0.750. The van der Waals surface area contributed by atoms with Crippen LogP contribution in [-0.2, 0) is 0 Å². The summed E-state index contributed by atoms with van der Waals surface area (Å²) in [6, 6.07) is 12.0. The van der Waals surface area contributed by atoms with Crippen LogP contribution < -0.4 is 5.73 Å². The standard InChI is InChI=1S/C6H6.C2H7N.C2H6/c1-2-4-6-5-3-1;1-2-3;1-2/h1-6H;2-3H2,1H3;1-2H3. The third kappa shape index (κ3) is 17.6. The van der Waals surface area contributed by atoms with E-state index in [1.807, 2.05) is 57.2 Å². The van der Waals surface area contributed by atoms with Crippen molar-refractivity contribution in [1.29, 1.82) is 0 Å². The predicted molar refractivity (Wildman–Crippen MR) is 52.5 cm³/mol. The summed E-state index contributed by atoms with van der Waals surface area (Å²) >= 11 is 0. The molecule has 64 valence electrons. The third-order valence-corrected chi connectivity index (χ3v) is 0.667. The Labute approximate surface area is 70.2 Å². The number of rotatable bonds is 0. The second-order valence-electron chi connectivity index (χ2n) is 1.56. The highest BCUT2D eigenvalue weighted by Crippen LogP contribution is 1.79. The molecule has 0 amide bonds. The van der Waals surface area contributed by atoms with Crippen LogP contribution in [0.5, 0.6) is 0 Å². The molecule has 0 saturated carbocycles. The smallest absolute Gasteiger partial charge is 0.0106 e. The first kappa shape index (κ1) is 12.8. The highest BCUT2D eigenvalue weighted by molar-refractivity contribution is 4.99. The third-order valence-electron chi connectivity index (χ3n) is 0.667. The van der Waals surface area contributed by atoms with E-state index < -0.39 is 0 Å². The number of hydrogen-bond donors (Lipinski definition) is 1. The van der Waals surface area contributed by atoms with Crippen molar-refractivity contribution in [3.05, 3.63) is 36.4 Å². The summed E-state index contributed by atoms with van der Waals surface area (Å²) in [7, 11) is 0. The van der Waals surface area contributed by atoms with Crippen molar-refractivity contribution in [3.8, 4) is 0 Å². The van der Waals surface area contributed by atoms with Crippen LogP contribution in [-0.4, -0.2) is 6.54 Å². The van der Waals surface area contributed by atoms with E-state index in [1.165, 1.54) is 0 Å². The van der Waals surface area contributed by atoms with Crippen LogP contribution >= 0.6 is 0 Å². The molecule has 0 aliphatic heterocycles. The van der Waals surface area contributed by atoms with Crippen molar-refractivity contribution in [2.24, 2.45) is 5.73 Å². The van der Waals surface area contributed by atoms with Gasteiger partial charge in [0.15, 0.2) is 0 Å². The van der Waals surface area contributed by atoms with E-state index >= 15 is 0 Å². The number of benzene rings is 1. The Morgan fingerprint density at radius 2 is 0.909 bits per heavy atom. The Bertz CT molecular complexity index is 87.7. The molecular formula is C10H19N. The van der Waals surface area contributed by atoms with Gasteiger partial charge in [-0.1, -0.05) is 57.2 Å². The lowest BCUT2D eigenvalue weighted by atomic mass is 10.4. The largest absolute Gasteiger partial charge is 0.331 e. The Hall–Kier alpha value is -0.820. The molecule has 1 aromatic rings. The lowest BCUT2D eigenvalue weighted by molar-refractivity contribution is 1.14. The van der Waals surface area contributed by atoms with Gasteiger partial charge in [-0.2, -0.15) is 0 Å². The van der Waals surface area contributed by atoms with Crippen molar-refractivity contribution >= 4 is 0 Å². The second kappa shape index (κ2) is 16.1. The van der Waals surface area contributed by atoms with Crippen LogP contribution in [0.4, 0.5) is 0 Å². The summed E-state index contributed by atoms with van der Waals surface area (Å²) in [6.45, 7) is 6.65. The molecule has 1 aromatic carbocycles. The number of nitrogens with two attached hydrogens (primary N) is 1. The van der Waals surface area contributed by atoms with E-state index in [4.69, 9.17) is 5.73 Å². The van der Waals surface area contributed by atoms with Gasteiger partial charge in [-0.15, -0.1) is 0 Å². The fourth-order valence-electron chi connectivity index (χ4n) is 0.385. The van der Waals surface area contributed by atoms with Gasteiger partial charge in [-0.3, -0.25) is 0 Å². The van der Waals surface area contributed by atoms with Crippen LogP contribution in [0.15, 0.2) is 36.4 Å². The Morgan fingerprint density at radius 1 is 0.818 bits per heavy atom. The fourth-order valence-corrected chi connectivity index (χ4v) is 0.385. The summed E-state index contributed by atoms with van der Waals surface area (Å²) < 4.78 is 0. The van der Waals surface area contributed by atoms with Crippen molar-refractivity contribution in [3.63, 3.8) is 0 Å². The van der Waals surface area contributed by atoms with Crippen molar-refractivity contribution in [2.75, 3.05) is 6.54 Å². The zero-order valence-corrected chi connectivity index (χ0v) is 7.75. The van der Waals surface area contributed by atoms with Crippen LogP contribution in [0.3, 0.4) is 0 Å². The van der Waals surface area contributed by atoms with Gasteiger partial charge >= 0.3 is 0 Å². The quantitative estimate of drug-likeness (QED) is 0.609. The molecule has 1 nitrogen and oxygen atoms in total. The molecule has 0 heterocycles. The molecule has 0 bridgehead atoms. The zero-order chi connectivity index (χ0) is 8.95. The summed E-state index contributed by atoms with van der Waals surface area (Å²) in [5.74, 6) is 0. The Kier molecular flexibility index (Phi) is 18.7. The Balaban J connectivity index is 0. The molecular weight excluding hydrogens is 134 g/mol. The molecule has 0 aliphatic carbocycles. The molecule has 0 unspecified atom stereocenters. The maximum absolute atomic E-state index is 4.85. The second-order valence-corrected chi connectivity index (χ2v) is 1.56. The number of hydrogen-bond acceptors (Lipinski definition) is 1. The van der Waals surface area contributed by atoms with Gasteiger partial charge < -0.3 is 5.73 Å². The van der Waals surface area contributed by atoms with E-state index in [0.717, 1.165) is 6.54 Å². The first-order chi connectivity index (χ1) is 5.41. The fraction of sp³-hybridized carbons (Fsp3) is 0.400. The van der Waals surface area contributed by atoms with Gasteiger partial charge in [0.2, 0.25) is 0 Å². The molecule has 0 fully saturated rings. The van der Waals surface area contributed by atoms with E-state index in [2.05, 4.69) is 0 Å². The van der Waals surface area contributed by atoms with Crippen molar-refractivity contribution in [1.82, 2.24) is 0 Å². The first-order valence-electron chi connectivity index (χ1n) is 4.12. The van der Waals surface area contributed by atoms with Crippen LogP contribution in [0.25, 0.3) is 0 Å². The lowest BCUT2D eigenvalue weighted by Gasteiger charge is -1.69. The van der Waals surface area contributed by atoms with Crippen LogP contribution in [0.1, 0.15) is 20.8 Å². The molecule has 1 heteroatoms. The summed E-state index contributed by atoms with van der Waals surface area (Å²) in [6.07, 6.45) is 0. The highest BCUT2D eigenvalue weighted by atomic mass is 14.5. The van der Waals surface area contributed by atoms with Gasteiger partial charge in [-0.05, 0) is 6.54 Å². The molecule has 11 heavy (non-hydrogen) atoms. The average Bonchev–Trinajstić information content (AvgIpc) is 2.12. The molecule has 0 radical (unpaired) electrons. The maximum Gasteiger partial charge on any atom is -0.0106 e. The SMILES string of the molecule is CC.CCN.c1ccccc1. The minimum atomic E-state index is 0.750. The topological polar surface area (TPSA) is 26.0 Å². The monoisotopic (exact) mass is 153 g/mol. The average molecular weight is 153 g/mol. The summed E-state index contributed by atoms with van der Waals surface area (Å²) in [5.41, 5.74) is 4.85. The molecule has 0 aliphatic rings. The summed E-state index contributed by atoms with van der Waals surface area (Å²) in [4.78, 5) is 0. The first-order valence-corrected chi connectivity index (χ1v) is 4.12. The lowest BCUT2D eigenvalue weighted by Crippen LogP contribution is -1.87. The molecule has 0 aromatic heterocycles. The summed E-state index contributed by atoms with van der Waals surface area (Å²) in [5, 5.41) is 0. The highest BCUT2D eigenvalue weighted by Gasteiger charge is 1.57. The van der Waals surface area contributed by atoms with Gasteiger partial charge in [0.1, 0.15) is 0 Å². The van der Waals surface area contributed by atoms with E-state index in [0.29, 0.717) is 0 Å². The van der Waals surface area contributed by atoms with Crippen molar-refractivity contribution < 1.29 is 0 Å². The van der Waals surface area contributed by atoms with E-state index in [1.54, 1.807) is 0 Å². The van der Waals surface area contributed by atoms with E-state index in [9.17, 15) is 0 Å². The van der Waals surface area contributed by atoms with Crippen molar-refractivity contribution in [2.45, 2.75) is 20.8 Å². The Morgan fingerprint density at radius 3 is 1.00 bits per heavy atom. The van der Waals surface area contributed by atoms with Gasteiger partial charge in [0, 0.05) is 0 Å². The van der Waals surface area contributed by atoms with Gasteiger partial charge in [0.05, 0.1) is 0 Å². The van der Waals surface area contributed by atoms with Gasteiger partial charge in [0.25, 0.3) is 0 Å².